The second-order valence-corrected chi connectivity index (χ2v) is 9.03. The summed E-state index contributed by atoms with van der Waals surface area (Å²) in [4.78, 5) is 24.5. The standard InChI is InChI=1S/C24H28N2O5S/c1-17(2)26(25-23(29)30)16-24(19-11-7-4-8-12-19)15-20(27)21(22(28)31-24)32-14-13-18-9-5-3-6-10-18/h3-12,17,25,27H,13-16H2,1-2H3,(H,29,30). The van der Waals surface area contributed by atoms with Crippen LogP contribution in [-0.2, 0) is 21.6 Å². The number of carboxylic acid groups (broad SMARTS) is 1. The van der Waals surface area contributed by atoms with Crippen LogP contribution in [0.15, 0.2) is 71.3 Å². The van der Waals surface area contributed by atoms with Gasteiger partial charge in [0, 0.05) is 11.8 Å². The Kier molecular flexibility index (Phi) is 7.82. The number of rotatable bonds is 9. The smallest absolute Gasteiger partial charge is 0.419 e. The topological polar surface area (TPSA) is 99.1 Å². The highest BCUT2D eigenvalue weighted by molar-refractivity contribution is 8.04. The van der Waals surface area contributed by atoms with E-state index in [1.807, 2.05) is 74.5 Å². The zero-order valence-corrected chi connectivity index (χ0v) is 19.0. The normalized spacial score (nSPS) is 18.7. The number of hydrazine groups is 1. The third-order valence-corrected chi connectivity index (χ3v) is 6.36. The third-order valence-electron chi connectivity index (χ3n) is 5.26. The molecule has 170 valence electrons. The number of amides is 1. The molecule has 1 atom stereocenters. The van der Waals surface area contributed by atoms with E-state index in [1.165, 1.54) is 16.8 Å². The van der Waals surface area contributed by atoms with E-state index in [4.69, 9.17) is 4.74 Å². The van der Waals surface area contributed by atoms with E-state index in [2.05, 4.69) is 5.43 Å². The number of carbonyl (C=O) groups is 2. The van der Waals surface area contributed by atoms with E-state index < -0.39 is 17.7 Å². The van der Waals surface area contributed by atoms with Crippen LogP contribution in [0.3, 0.4) is 0 Å². The Morgan fingerprint density at radius 1 is 1.16 bits per heavy atom. The molecule has 32 heavy (non-hydrogen) atoms. The number of aryl methyl sites for hydroxylation is 1. The first kappa shape index (κ1) is 23.7. The number of aliphatic hydroxyl groups excluding tert-OH is 1. The van der Waals surface area contributed by atoms with E-state index >= 15 is 0 Å². The van der Waals surface area contributed by atoms with Gasteiger partial charge in [-0.1, -0.05) is 60.7 Å². The van der Waals surface area contributed by atoms with Gasteiger partial charge in [-0.3, -0.25) is 5.43 Å². The molecule has 3 rings (SSSR count). The van der Waals surface area contributed by atoms with Gasteiger partial charge in [0.25, 0.3) is 0 Å². The van der Waals surface area contributed by atoms with E-state index in [-0.39, 0.29) is 29.7 Å². The molecular formula is C24H28N2O5S. The highest BCUT2D eigenvalue weighted by Crippen LogP contribution is 2.41. The van der Waals surface area contributed by atoms with Crippen LogP contribution in [0.2, 0.25) is 0 Å². The molecule has 0 aliphatic carbocycles. The molecule has 8 heteroatoms. The second-order valence-electron chi connectivity index (χ2n) is 7.93. The summed E-state index contributed by atoms with van der Waals surface area (Å²) in [5.74, 6) is -0.0212. The minimum Gasteiger partial charge on any atom is -0.511 e. The summed E-state index contributed by atoms with van der Waals surface area (Å²) in [6, 6.07) is 18.8. The van der Waals surface area contributed by atoms with Crippen molar-refractivity contribution in [3.63, 3.8) is 0 Å². The first-order chi connectivity index (χ1) is 15.3. The largest absolute Gasteiger partial charge is 0.511 e. The maximum Gasteiger partial charge on any atom is 0.419 e. The molecule has 3 N–H and O–H groups in total. The average molecular weight is 457 g/mol. The molecule has 7 nitrogen and oxygen atoms in total. The molecule has 1 aliphatic heterocycles. The van der Waals surface area contributed by atoms with Gasteiger partial charge in [-0.2, -0.15) is 0 Å². The molecule has 2 aromatic carbocycles. The number of nitrogens with one attached hydrogen (secondary N) is 1. The number of thioether (sulfide) groups is 1. The third kappa shape index (κ3) is 5.83. The fourth-order valence-electron chi connectivity index (χ4n) is 3.62. The Hall–Kier alpha value is -2.97. The lowest BCUT2D eigenvalue weighted by Gasteiger charge is -2.41. The van der Waals surface area contributed by atoms with Crippen LogP contribution in [0.4, 0.5) is 4.79 Å². The van der Waals surface area contributed by atoms with E-state index in [1.54, 1.807) is 0 Å². The van der Waals surface area contributed by atoms with Crippen LogP contribution in [0.1, 0.15) is 31.4 Å². The lowest BCUT2D eigenvalue weighted by molar-refractivity contribution is -0.163. The zero-order valence-electron chi connectivity index (χ0n) is 18.2. The van der Waals surface area contributed by atoms with Crippen LogP contribution in [-0.4, -0.2) is 45.6 Å². The molecule has 0 saturated carbocycles. The van der Waals surface area contributed by atoms with Gasteiger partial charge in [-0.25, -0.2) is 14.6 Å². The molecular weight excluding hydrogens is 428 g/mol. The van der Waals surface area contributed by atoms with Crippen molar-refractivity contribution in [3.05, 3.63) is 82.5 Å². The Balaban J connectivity index is 1.84. The summed E-state index contributed by atoms with van der Waals surface area (Å²) >= 11 is 1.27. The van der Waals surface area contributed by atoms with Crippen LogP contribution >= 0.6 is 11.8 Å². The molecule has 2 aromatic rings. The van der Waals surface area contributed by atoms with Gasteiger partial charge in [0.15, 0.2) is 5.60 Å². The Morgan fingerprint density at radius 3 is 2.34 bits per heavy atom. The van der Waals surface area contributed by atoms with Crippen LogP contribution in [0.25, 0.3) is 0 Å². The van der Waals surface area contributed by atoms with Crippen molar-refractivity contribution in [2.45, 2.75) is 38.3 Å². The number of hydrogen-bond acceptors (Lipinski definition) is 6. The average Bonchev–Trinajstić information content (AvgIpc) is 2.76. The molecule has 0 radical (unpaired) electrons. The van der Waals surface area contributed by atoms with Crippen LogP contribution in [0.5, 0.6) is 0 Å². The van der Waals surface area contributed by atoms with Gasteiger partial charge in [-0.05, 0) is 31.4 Å². The number of aliphatic hydroxyl groups is 1. The minimum absolute atomic E-state index is 0.0396. The number of cyclic esters (lactones) is 1. The quantitative estimate of drug-likeness (QED) is 0.378. The second kappa shape index (κ2) is 10.6. The number of ether oxygens (including phenoxy) is 1. The van der Waals surface area contributed by atoms with Gasteiger partial charge in [0.1, 0.15) is 10.7 Å². The maximum absolute atomic E-state index is 13.0. The highest BCUT2D eigenvalue weighted by atomic mass is 32.2. The fourth-order valence-corrected chi connectivity index (χ4v) is 4.56. The number of benzene rings is 2. The number of esters is 1. The molecule has 1 amide bonds. The summed E-state index contributed by atoms with van der Waals surface area (Å²) in [5.41, 5.74) is 2.98. The predicted octanol–water partition coefficient (Wildman–Crippen LogP) is 4.47. The first-order valence-corrected chi connectivity index (χ1v) is 11.4. The fraction of sp³-hybridized carbons (Fsp3) is 0.333. The molecule has 0 saturated heterocycles. The van der Waals surface area contributed by atoms with Crippen LogP contribution < -0.4 is 5.43 Å². The summed E-state index contributed by atoms with van der Waals surface area (Å²) in [6.45, 7) is 3.72. The van der Waals surface area contributed by atoms with Crippen LogP contribution in [0, 0.1) is 0 Å². The zero-order chi connectivity index (χ0) is 23.1. The SMILES string of the molecule is CC(C)N(CC1(c2ccccc2)CC(O)=C(SCCc2ccccc2)C(=O)O1)NC(=O)O. The van der Waals surface area contributed by atoms with Crippen molar-refractivity contribution < 1.29 is 24.5 Å². The molecule has 0 fully saturated rings. The van der Waals surface area contributed by atoms with Crippen molar-refractivity contribution in [3.8, 4) is 0 Å². The first-order valence-electron chi connectivity index (χ1n) is 10.4. The Bertz CT molecular complexity index is 965. The number of hydrogen-bond donors (Lipinski definition) is 3. The minimum atomic E-state index is -1.22. The van der Waals surface area contributed by atoms with Crippen molar-refractivity contribution in [1.29, 1.82) is 0 Å². The Morgan fingerprint density at radius 2 is 1.78 bits per heavy atom. The summed E-state index contributed by atoms with van der Waals surface area (Å²) in [5, 5.41) is 21.6. The predicted molar refractivity (Wildman–Crippen MR) is 124 cm³/mol. The van der Waals surface area contributed by atoms with Gasteiger partial charge in [0.2, 0.25) is 0 Å². The van der Waals surface area contributed by atoms with Gasteiger partial charge in [0.05, 0.1) is 13.0 Å². The highest BCUT2D eigenvalue weighted by Gasteiger charge is 2.45. The lowest BCUT2D eigenvalue weighted by atomic mass is 9.87. The van der Waals surface area contributed by atoms with Gasteiger partial charge >= 0.3 is 12.1 Å². The monoisotopic (exact) mass is 456 g/mol. The molecule has 1 unspecified atom stereocenters. The molecule has 1 aliphatic rings. The molecule has 1 heterocycles. The van der Waals surface area contributed by atoms with Crippen molar-refractivity contribution >= 4 is 23.8 Å². The summed E-state index contributed by atoms with van der Waals surface area (Å²) < 4.78 is 5.96. The number of nitrogens with zero attached hydrogens (tertiary/aromatic N) is 1. The van der Waals surface area contributed by atoms with Crippen molar-refractivity contribution in [2.24, 2.45) is 0 Å². The van der Waals surface area contributed by atoms with E-state index in [0.717, 1.165) is 12.0 Å². The summed E-state index contributed by atoms with van der Waals surface area (Å²) in [6.07, 6.45) is -0.398. The van der Waals surface area contributed by atoms with Gasteiger partial charge in [-0.15, -0.1) is 11.8 Å². The van der Waals surface area contributed by atoms with Crippen molar-refractivity contribution in [1.82, 2.24) is 10.4 Å². The lowest BCUT2D eigenvalue weighted by Crippen LogP contribution is -2.54. The summed E-state index contributed by atoms with van der Waals surface area (Å²) in [7, 11) is 0. The molecule has 0 aromatic heterocycles. The van der Waals surface area contributed by atoms with Gasteiger partial charge < -0.3 is 14.9 Å². The van der Waals surface area contributed by atoms with Crippen molar-refractivity contribution in [2.75, 3.05) is 12.3 Å². The molecule has 0 spiro atoms. The Labute approximate surface area is 192 Å². The van der Waals surface area contributed by atoms with E-state index in [9.17, 15) is 19.8 Å². The number of carbonyl (C=O) groups excluding carboxylic acids is 1. The maximum atomic E-state index is 13.0. The molecule has 0 bridgehead atoms. The van der Waals surface area contributed by atoms with E-state index in [0.29, 0.717) is 11.3 Å².